The number of aryl methyl sites for hydroxylation is 2. The predicted molar refractivity (Wildman–Crippen MR) is 89.1 cm³/mol. The molecule has 2 aromatic rings. The number of carbonyl (C=O) groups excluding carboxylic acids is 1. The van der Waals surface area contributed by atoms with E-state index in [0.29, 0.717) is 24.2 Å². The molecule has 0 bridgehead atoms. The summed E-state index contributed by atoms with van der Waals surface area (Å²) in [5.41, 5.74) is 4.61. The van der Waals surface area contributed by atoms with Gasteiger partial charge in [-0.1, -0.05) is 42.5 Å². The quantitative estimate of drug-likeness (QED) is 0.604. The molecule has 128 valence electrons. The summed E-state index contributed by atoms with van der Waals surface area (Å²) in [6.07, 6.45) is 0.364. The molecular weight excluding hydrogens is 309 g/mol. The van der Waals surface area contributed by atoms with E-state index in [4.69, 9.17) is 9.94 Å². The summed E-state index contributed by atoms with van der Waals surface area (Å²) < 4.78 is 19.3. The Morgan fingerprint density at radius 3 is 2.38 bits per heavy atom. The van der Waals surface area contributed by atoms with Crippen LogP contribution in [0.15, 0.2) is 42.5 Å². The number of carbonyl (C=O) groups is 1. The smallest absolute Gasteiger partial charge is 0.249 e. The van der Waals surface area contributed by atoms with Crippen LogP contribution in [-0.2, 0) is 22.6 Å². The molecule has 0 aliphatic heterocycles. The van der Waals surface area contributed by atoms with Gasteiger partial charge in [0.15, 0.2) is 0 Å². The van der Waals surface area contributed by atoms with E-state index in [0.717, 1.165) is 11.1 Å². The Kier molecular flexibility index (Phi) is 6.46. The van der Waals surface area contributed by atoms with Gasteiger partial charge in [0.05, 0.1) is 19.1 Å². The van der Waals surface area contributed by atoms with E-state index in [-0.39, 0.29) is 12.4 Å². The van der Waals surface area contributed by atoms with Crippen LogP contribution < -0.4 is 5.48 Å². The molecule has 0 radical (unpaired) electrons. The van der Waals surface area contributed by atoms with Crippen molar-refractivity contribution in [2.45, 2.75) is 26.9 Å². The number of ether oxygens (including phenoxy) is 1. The molecule has 0 unspecified atom stereocenters. The molecule has 0 aromatic heterocycles. The normalized spacial score (nSPS) is 12.0. The van der Waals surface area contributed by atoms with E-state index < -0.39 is 11.8 Å². The van der Waals surface area contributed by atoms with Crippen molar-refractivity contribution < 1.29 is 19.1 Å². The van der Waals surface area contributed by atoms with Gasteiger partial charge in [-0.05, 0) is 42.5 Å². The zero-order valence-corrected chi connectivity index (χ0v) is 13.9. The monoisotopic (exact) mass is 331 g/mol. The van der Waals surface area contributed by atoms with Crippen LogP contribution in [0.25, 0.3) is 0 Å². The maximum atomic E-state index is 13.7. The van der Waals surface area contributed by atoms with E-state index in [9.17, 15) is 9.18 Å². The molecule has 1 amide bonds. The second-order valence-electron chi connectivity index (χ2n) is 5.92. The summed E-state index contributed by atoms with van der Waals surface area (Å²) in [6, 6.07) is 13.1. The standard InChI is InChI=1S/C19H22FNO3/c1-13-8-16(9-14(2)18(13)20)10-17(19(22)21-23)12-24-11-15-6-4-3-5-7-15/h3-9,17,23H,10-12H2,1-2H3,(H,21,22)/t17-/m1/s1. The zero-order valence-electron chi connectivity index (χ0n) is 13.9. The number of nitrogens with one attached hydrogen (secondary N) is 1. The van der Waals surface area contributed by atoms with Crippen LogP contribution in [0.5, 0.6) is 0 Å². The van der Waals surface area contributed by atoms with Gasteiger partial charge >= 0.3 is 0 Å². The lowest BCUT2D eigenvalue weighted by Crippen LogP contribution is -2.32. The fourth-order valence-electron chi connectivity index (χ4n) is 2.65. The highest BCUT2D eigenvalue weighted by molar-refractivity contribution is 5.77. The Bertz CT molecular complexity index is 665. The number of halogens is 1. The summed E-state index contributed by atoms with van der Waals surface area (Å²) in [6.45, 7) is 3.94. The highest BCUT2D eigenvalue weighted by Gasteiger charge is 2.20. The van der Waals surface area contributed by atoms with Crippen molar-refractivity contribution in [3.05, 3.63) is 70.5 Å². The van der Waals surface area contributed by atoms with E-state index in [1.54, 1.807) is 31.5 Å². The Morgan fingerprint density at radius 2 is 1.79 bits per heavy atom. The fourth-order valence-corrected chi connectivity index (χ4v) is 2.65. The first kappa shape index (κ1) is 18.1. The minimum absolute atomic E-state index is 0.163. The lowest BCUT2D eigenvalue weighted by molar-refractivity contribution is -0.135. The second-order valence-corrected chi connectivity index (χ2v) is 5.92. The van der Waals surface area contributed by atoms with Gasteiger partial charge in [-0.25, -0.2) is 9.87 Å². The van der Waals surface area contributed by atoms with Crippen molar-refractivity contribution in [1.82, 2.24) is 5.48 Å². The zero-order chi connectivity index (χ0) is 17.5. The lowest BCUT2D eigenvalue weighted by atomic mass is 9.96. The summed E-state index contributed by atoms with van der Waals surface area (Å²) >= 11 is 0. The van der Waals surface area contributed by atoms with Crippen molar-refractivity contribution in [1.29, 1.82) is 0 Å². The molecule has 0 saturated heterocycles. The number of hydrogen-bond donors (Lipinski definition) is 2. The van der Waals surface area contributed by atoms with Gasteiger partial charge in [0.2, 0.25) is 5.91 Å². The van der Waals surface area contributed by atoms with Gasteiger partial charge in [0.1, 0.15) is 5.82 Å². The van der Waals surface area contributed by atoms with Crippen LogP contribution in [0.4, 0.5) is 4.39 Å². The lowest BCUT2D eigenvalue weighted by Gasteiger charge is -2.16. The average molecular weight is 331 g/mol. The van der Waals surface area contributed by atoms with Gasteiger partial charge in [-0.3, -0.25) is 10.0 Å². The predicted octanol–water partition coefficient (Wildman–Crippen LogP) is 3.32. The first-order valence-electron chi connectivity index (χ1n) is 7.82. The first-order chi connectivity index (χ1) is 11.5. The van der Waals surface area contributed by atoms with Crippen molar-refractivity contribution in [3.63, 3.8) is 0 Å². The SMILES string of the molecule is Cc1cc(C[C@H](COCc2ccccc2)C(=O)NO)cc(C)c1F. The van der Waals surface area contributed by atoms with Crippen LogP contribution in [0.3, 0.4) is 0 Å². The number of rotatable bonds is 7. The van der Waals surface area contributed by atoms with Crippen molar-refractivity contribution in [2.75, 3.05) is 6.61 Å². The van der Waals surface area contributed by atoms with Crippen molar-refractivity contribution in [2.24, 2.45) is 5.92 Å². The maximum absolute atomic E-state index is 13.7. The molecular formula is C19H22FNO3. The van der Waals surface area contributed by atoms with E-state index >= 15 is 0 Å². The molecule has 2 aromatic carbocycles. The van der Waals surface area contributed by atoms with Gasteiger partial charge in [-0.2, -0.15) is 0 Å². The second kappa shape index (κ2) is 8.57. The summed E-state index contributed by atoms with van der Waals surface area (Å²) in [5.74, 6) is -1.30. The van der Waals surface area contributed by atoms with Crippen LogP contribution >= 0.6 is 0 Å². The molecule has 0 heterocycles. The van der Waals surface area contributed by atoms with Crippen LogP contribution in [-0.4, -0.2) is 17.7 Å². The molecule has 5 heteroatoms. The maximum Gasteiger partial charge on any atom is 0.249 e. The minimum Gasteiger partial charge on any atom is -0.376 e. The highest BCUT2D eigenvalue weighted by Crippen LogP contribution is 2.18. The number of hydroxylamine groups is 1. The third kappa shape index (κ3) is 4.88. The molecule has 0 saturated carbocycles. The molecule has 0 spiro atoms. The summed E-state index contributed by atoms with van der Waals surface area (Å²) in [7, 11) is 0. The van der Waals surface area contributed by atoms with E-state index in [1.165, 1.54) is 0 Å². The minimum atomic E-state index is -0.553. The molecule has 24 heavy (non-hydrogen) atoms. The summed E-state index contributed by atoms with van der Waals surface area (Å²) in [4.78, 5) is 11.9. The number of hydrogen-bond acceptors (Lipinski definition) is 3. The fraction of sp³-hybridized carbons (Fsp3) is 0.316. The third-order valence-corrected chi connectivity index (χ3v) is 3.89. The van der Waals surface area contributed by atoms with E-state index in [1.807, 2.05) is 30.3 Å². The largest absolute Gasteiger partial charge is 0.376 e. The topological polar surface area (TPSA) is 58.6 Å². The Morgan fingerprint density at radius 1 is 1.17 bits per heavy atom. The first-order valence-corrected chi connectivity index (χ1v) is 7.82. The van der Waals surface area contributed by atoms with Gasteiger partial charge < -0.3 is 4.74 Å². The molecule has 0 aliphatic rings. The third-order valence-electron chi connectivity index (χ3n) is 3.89. The van der Waals surface area contributed by atoms with Gasteiger partial charge in [0.25, 0.3) is 0 Å². The Balaban J connectivity index is 2.02. The molecule has 1 atom stereocenters. The Labute approximate surface area is 141 Å². The molecule has 0 fully saturated rings. The van der Waals surface area contributed by atoms with Gasteiger partial charge in [-0.15, -0.1) is 0 Å². The molecule has 0 aliphatic carbocycles. The molecule has 2 rings (SSSR count). The molecule has 4 nitrogen and oxygen atoms in total. The van der Waals surface area contributed by atoms with E-state index in [2.05, 4.69) is 0 Å². The highest BCUT2D eigenvalue weighted by atomic mass is 19.1. The van der Waals surface area contributed by atoms with Gasteiger partial charge in [0, 0.05) is 0 Å². The average Bonchev–Trinajstić information content (AvgIpc) is 2.59. The number of amides is 1. The van der Waals surface area contributed by atoms with Crippen LogP contribution in [0.1, 0.15) is 22.3 Å². The Hall–Kier alpha value is -2.24. The number of benzene rings is 2. The van der Waals surface area contributed by atoms with Crippen molar-refractivity contribution >= 4 is 5.91 Å². The van der Waals surface area contributed by atoms with Crippen LogP contribution in [0.2, 0.25) is 0 Å². The van der Waals surface area contributed by atoms with Crippen LogP contribution in [0, 0.1) is 25.6 Å². The molecule has 2 N–H and O–H groups in total. The summed E-state index contributed by atoms with van der Waals surface area (Å²) in [5, 5.41) is 8.94. The van der Waals surface area contributed by atoms with Crippen molar-refractivity contribution in [3.8, 4) is 0 Å².